The molecule has 17 heteroatoms. The Hall–Kier alpha value is -6.51. The van der Waals surface area contributed by atoms with Gasteiger partial charge in [0, 0.05) is 48.3 Å². The van der Waals surface area contributed by atoms with E-state index in [1.807, 2.05) is 24.3 Å². The third kappa shape index (κ3) is 13.8. The molecule has 311 valence electrons. The summed E-state index contributed by atoms with van der Waals surface area (Å²) in [6.45, 7) is 6.98. The number of nitro groups is 2. The zero-order chi connectivity index (χ0) is 42.7. The first-order valence-electron chi connectivity index (χ1n) is 18.9. The van der Waals surface area contributed by atoms with E-state index in [2.05, 4.69) is 34.3 Å². The zero-order valence-corrected chi connectivity index (χ0v) is 34.2. The number of nitrogens with zero attached hydrogens (tertiary/aromatic N) is 6. The topological polar surface area (TPSA) is 263 Å². The SMILES string of the molecule is CCCCC(CC)COCCCN.O=[N+]([O-])c1ccc(N=Nc2c([O-])ccc3ccccc23)c([O-])c1.O=[N+]([O-])c1ccc(N=Nc2c([O-])ccc3ccccc23)c([O-])c1.[Cr+3].[H+]. The molecule has 16 nitrogen and oxygen atoms in total. The first-order valence-corrected chi connectivity index (χ1v) is 18.9. The van der Waals surface area contributed by atoms with Crippen molar-refractivity contribution in [2.45, 2.75) is 46.0 Å². The summed E-state index contributed by atoms with van der Waals surface area (Å²) in [6.07, 6.45) is 6.17. The summed E-state index contributed by atoms with van der Waals surface area (Å²) in [6, 6.07) is 26.9. The molecule has 0 amide bonds. The van der Waals surface area contributed by atoms with Gasteiger partial charge in [0.1, 0.15) is 0 Å². The van der Waals surface area contributed by atoms with Crippen LogP contribution in [0.15, 0.2) is 130 Å². The maximum atomic E-state index is 12.0. The van der Waals surface area contributed by atoms with Crippen LogP contribution in [-0.4, -0.2) is 29.6 Å². The van der Waals surface area contributed by atoms with Crippen molar-refractivity contribution in [3.8, 4) is 23.0 Å². The number of benzene rings is 6. The standard InChI is InChI=1S/2C16H11N3O4.C11H25NO.Cr/c2*20-14-8-5-10-3-1-2-4-12(10)16(14)18-17-13-7-6-11(19(22)23)9-15(13)21;1-3-5-7-11(4-2)10-13-9-6-8-12;/h2*1-9,20-21H;11H,3-10,12H2,1-2H3;/q;;;+3/p-3. The van der Waals surface area contributed by atoms with Crippen LogP contribution < -0.4 is 26.2 Å². The number of non-ortho nitro benzene ring substituents is 2. The Morgan fingerprint density at radius 1 is 0.633 bits per heavy atom. The summed E-state index contributed by atoms with van der Waals surface area (Å²) in [7, 11) is 0. The molecule has 0 aliphatic rings. The summed E-state index contributed by atoms with van der Waals surface area (Å²) < 4.78 is 5.54. The zero-order valence-electron chi connectivity index (χ0n) is 34.0. The molecular weight excluding hydrogens is 811 g/mol. The normalized spacial score (nSPS) is 11.4. The Labute approximate surface area is 358 Å². The van der Waals surface area contributed by atoms with E-state index in [0.29, 0.717) is 10.8 Å². The molecule has 1 unspecified atom stereocenters. The van der Waals surface area contributed by atoms with E-state index in [1.165, 1.54) is 49.9 Å². The fraction of sp³-hybridized carbons (Fsp3) is 0.256. The van der Waals surface area contributed by atoms with E-state index in [0.717, 1.165) is 67.1 Å². The van der Waals surface area contributed by atoms with E-state index < -0.39 is 21.3 Å². The van der Waals surface area contributed by atoms with Gasteiger partial charge in [0.05, 0.1) is 32.6 Å². The predicted octanol–water partition coefficient (Wildman–Crippen LogP) is 9.30. The molecule has 0 bridgehead atoms. The number of fused-ring (bicyclic) bond motifs is 2. The Bertz CT molecular complexity index is 2270. The molecule has 0 aliphatic carbocycles. The van der Waals surface area contributed by atoms with Crippen LogP contribution >= 0.6 is 0 Å². The average molecular weight is 855 g/mol. The van der Waals surface area contributed by atoms with Crippen molar-refractivity contribution < 1.29 is 53.8 Å². The van der Waals surface area contributed by atoms with Crippen molar-refractivity contribution in [2.24, 2.45) is 32.1 Å². The summed E-state index contributed by atoms with van der Waals surface area (Å²) in [5, 5.41) is 86.9. The fourth-order valence-corrected chi connectivity index (χ4v) is 5.62. The van der Waals surface area contributed by atoms with Crippen LogP contribution in [0.1, 0.15) is 47.4 Å². The van der Waals surface area contributed by atoms with Crippen molar-refractivity contribution in [2.75, 3.05) is 19.8 Å². The van der Waals surface area contributed by atoms with Crippen LogP contribution in [0.5, 0.6) is 23.0 Å². The molecule has 2 N–H and O–H groups in total. The second-order valence-electron chi connectivity index (χ2n) is 13.1. The Morgan fingerprint density at radius 2 is 1.10 bits per heavy atom. The number of azo groups is 2. The Morgan fingerprint density at radius 3 is 1.50 bits per heavy atom. The van der Waals surface area contributed by atoms with E-state index in [-0.39, 0.29) is 64.4 Å². The van der Waals surface area contributed by atoms with Crippen LogP contribution in [0.3, 0.4) is 0 Å². The first kappa shape index (κ1) is 47.9. The van der Waals surface area contributed by atoms with E-state index in [9.17, 15) is 40.7 Å². The van der Waals surface area contributed by atoms with Crippen LogP contribution in [0.25, 0.3) is 21.5 Å². The number of rotatable bonds is 15. The largest absolute Gasteiger partial charge is 3.00 e. The molecule has 0 fully saturated rings. The van der Waals surface area contributed by atoms with Gasteiger partial charge < -0.3 is 30.9 Å². The van der Waals surface area contributed by atoms with Crippen molar-refractivity contribution in [1.82, 2.24) is 0 Å². The molecule has 0 saturated carbocycles. The van der Waals surface area contributed by atoms with Gasteiger partial charge in [-0.15, -0.1) is 0 Å². The maximum absolute atomic E-state index is 12.0. The van der Waals surface area contributed by atoms with Gasteiger partial charge in [-0.3, -0.25) is 20.2 Å². The molecule has 0 spiro atoms. The number of ether oxygens (including phenoxy) is 1. The monoisotopic (exact) mass is 854 g/mol. The first-order chi connectivity index (χ1) is 28.5. The van der Waals surface area contributed by atoms with E-state index in [1.54, 1.807) is 36.4 Å². The second kappa shape index (κ2) is 24.4. The van der Waals surface area contributed by atoms with Gasteiger partial charge >= 0.3 is 18.8 Å². The quantitative estimate of drug-likeness (QED) is 0.0442. The van der Waals surface area contributed by atoms with Crippen LogP contribution in [0.2, 0.25) is 0 Å². The van der Waals surface area contributed by atoms with Crippen molar-refractivity contribution in [1.29, 1.82) is 0 Å². The minimum atomic E-state index is -0.664. The third-order valence-corrected chi connectivity index (χ3v) is 8.94. The van der Waals surface area contributed by atoms with Crippen molar-refractivity contribution in [3.63, 3.8) is 0 Å². The molecule has 0 aliphatic heterocycles. The van der Waals surface area contributed by atoms with Crippen molar-refractivity contribution in [3.05, 3.63) is 129 Å². The van der Waals surface area contributed by atoms with Gasteiger partial charge in [-0.25, -0.2) is 0 Å². The second-order valence-corrected chi connectivity index (χ2v) is 13.1. The molecular formula is C43H44CrN7O9. The van der Waals surface area contributed by atoms with Gasteiger partial charge in [-0.1, -0.05) is 129 Å². The van der Waals surface area contributed by atoms with Gasteiger partial charge in [-0.2, -0.15) is 20.5 Å². The molecule has 6 aromatic rings. The van der Waals surface area contributed by atoms with Crippen LogP contribution in [0.4, 0.5) is 34.1 Å². The third-order valence-electron chi connectivity index (χ3n) is 8.94. The van der Waals surface area contributed by atoms with Crippen LogP contribution in [-0.2, 0) is 22.1 Å². The van der Waals surface area contributed by atoms with Gasteiger partial charge in [0.15, 0.2) is 0 Å². The summed E-state index contributed by atoms with van der Waals surface area (Å²) in [4.78, 5) is 19.9. The summed E-state index contributed by atoms with van der Waals surface area (Å²) >= 11 is 0. The minimum absolute atomic E-state index is 0. The predicted molar refractivity (Wildman–Crippen MR) is 219 cm³/mol. The van der Waals surface area contributed by atoms with Gasteiger partial charge in [0.2, 0.25) is 0 Å². The van der Waals surface area contributed by atoms with Gasteiger partial charge in [0.25, 0.3) is 11.4 Å². The van der Waals surface area contributed by atoms with Crippen molar-refractivity contribution >= 4 is 55.7 Å². The molecule has 60 heavy (non-hydrogen) atoms. The average Bonchev–Trinajstić information content (AvgIpc) is 3.24. The molecule has 0 aromatic heterocycles. The Kier molecular flexibility index (Phi) is 19.5. The molecule has 0 saturated heterocycles. The molecule has 6 rings (SSSR count). The number of nitrogens with two attached hydrogens (primary N) is 1. The smallest absolute Gasteiger partial charge is 0.871 e. The molecule has 6 aromatic carbocycles. The van der Waals surface area contributed by atoms with E-state index >= 15 is 0 Å². The van der Waals surface area contributed by atoms with Crippen LogP contribution in [0, 0.1) is 26.1 Å². The van der Waals surface area contributed by atoms with Gasteiger partial charge in [-0.05, 0) is 48.2 Å². The number of hydrogen-bond acceptors (Lipinski definition) is 14. The summed E-state index contributed by atoms with van der Waals surface area (Å²) in [5.41, 5.74) is 4.86. The molecule has 1 radical (unpaired) electrons. The number of hydrogen-bond donors (Lipinski definition) is 1. The fourth-order valence-electron chi connectivity index (χ4n) is 5.62. The maximum Gasteiger partial charge on any atom is 3.00 e. The minimum Gasteiger partial charge on any atom is -0.871 e. The summed E-state index contributed by atoms with van der Waals surface area (Å²) in [5.74, 6) is -1.13. The molecule has 1 atom stereocenters. The molecule has 0 heterocycles. The van der Waals surface area contributed by atoms with E-state index in [4.69, 9.17) is 10.5 Å². The number of unbranched alkanes of at least 4 members (excludes halogenated alkanes) is 1. The number of nitro benzene ring substituents is 2. The Balaban J connectivity index is 0.000000324.